The molecule has 0 saturated carbocycles. The normalized spacial score (nSPS) is 15.6. The second-order valence-corrected chi connectivity index (χ2v) is 9.24. The summed E-state index contributed by atoms with van der Waals surface area (Å²) < 4.78 is 32.9. The topological polar surface area (TPSA) is 66.9 Å². The highest BCUT2D eigenvalue weighted by molar-refractivity contribution is 9.10. The monoisotopic (exact) mass is 472 g/mol. The molecule has 144 valence electrons. The fraction of sp³-hybridized carbons (Fsp3) is 0.278. The zero-order valence-corrected chi connectivity index (χ0v) is 17.5. The quantitative estimate of drug-likeness (QED) is 0.678. The fourth-order valence-electron chi connectivity index (χ4n) is 2.75. The average molecular weight is 474 g/mol. The first kappa shape index (κ1) is 20.1. The van der Waals surface area contributed by atoms with Gasteiger partial charge in [-0.1, -0.05) is 57.9 Å². The number of piperazine rings is 1. The zero-order valence-electron chi connectivity index (χ0n) is 14.3. The third kappa shape index (κ3) is 4.82. The van der Waals surface area contributed by atoms with Crippen LogP contribution in [0.25, 0.3) is 0 Å². The van der Waals surface area contributed by atoms with Gasteiger partial charge in [-0.15, -0.1) is 0 Å². The molecule has 3 rings (SSSR count). The van der Waals surface area contributed by atoms with Gasteiger partial charge in [0.25, 0.3) is 0 Å². The molecule has 0 unspecified atom stereocenters. The summed E-state index contributed by atoms with van der Waals surface area (Å²) in [5.74, 6) is 0. The summed E-state index contributed by atoms with van der Waals surface area (Å²) >= 11 is 9.35. The van der Waals surface area contributed by atoms with Crippen molar-refractivity contribution in [2.24, 2.45) is 0 Å². The van der Waals surface area contributed by atoms with E-state index in [-0.39, 0.29) is 42.7 Å². The van der Waals surface area contributed by atoms with Gasteiger partial charge in [0.2, 0.25) is 10.0 Å². The van der Waals surface area contributed by atoms with Crippen LogP contribution in [0.15, 0.2) is 57.9 Å². The Hall–Kier alpha value is -1.61. The molecular weight excluding hydrogens is 456 g/mol. The SMILES string of the molecule is O=C(OCc1ccccc1)N1CCN(S(=O)(=O)c2ccc(Br)cc2Cl)CC1. The molecule has 6 nitrogen and oxygen atoms in total. The molecule has 2 aromatic carbocycles. The highest BCUT2D eigenvalue weighted by Crippen LogP contribution is 2.28. The summed E-state index contributed by atoms with van der Waals surface area (Å²) in [7, 11) is -3.71. The molecule has 1 heterocycles. The van der Waals surface area contributed by atoms with E-state index in [1.807, 2.05) is 30.3 Å². The summed E-state index contributed by atoms with van der Waals surface area (Å²) in [6.07, 6.45) is -0.447. The maximum absolute atomic E-state index is 12.8. The first-order valence-corrected chi connectivity index (χ1v) is 10.9. The van der Waals surface area contributed by atoms with Crippen molar-refractivity contribution in [3.63, 3.8) is 0 Å². The molecule has 27 heavy (non-hydrogen) atoms. The van der Waals surface area contributed by atoms with Gasteiger partial charge in [-0.3, -0.25) is 0 Å². The second-order valence-electron chi connectivity index (χ2n) is 6.01. The molecule has 0 atom stereocenters. The third-order valence-corrected chi connectivity index (χ3v) is 7.09. The highest BCUT2D eigenvalue weighted by atomic mass is 79.9. The number of carbonyl (C=O) groups is 1. The number of amides is 1. The standard InChI is InChI=1S/C18H18BrClN2O4S/c19-15-6-7-17(16(20)12-15)27(24,25)22-10-8-21(9-11-22)18(23)26-13-14-4-2-1-3-5-14/h1-7,12H,8-11,13H2. The lowest BCUT2D eigenvalue weighted by atomic mass is 10.2. The van der Waals surface area contributed by atoms with E-state index in [2.05, 4.69) is 15.9 Å². The van der Waals surface area contributed by atoms with Crippen LogP contribution in [0, 0.1) is 0 Å². The number of halogens is 2. The van der Waals surface area contributed by atoms with Gasteiger partial charge in [-0.2, -0.15) is 4.31 Å². The number of benzene rings is 2. The van der Waals surface area contributed by atoms with Crippen LogP contribution in [0.5, 0.6) is 0 Å². The molecule has 1 amide bonds. The van der Waals surface area contributed by atoms with E-state index >= 15 is 0 Å². The van der Waals surface area contributed by atoms with Crippen molar-refractivity contribution >= 4 is 43.6 Å². The molecule has 0 radical (unpaired) electrons. The van der Waals surface area contributed by atoms with Crippen molar-refractivity contribution in [3.8, 4) is 0 Å². The second kappa shape index (κ2) is 8.60. The molecule has 0 aliphatic carbocycles. The Morgan fingerprint density at radius 2 is 1.74 bits per heavy atom. The molecule has 0 aromatic heterocycles. The molecular formula is C18H18BrClN2O4S. The predicted molar refractivity (Wildman–Crippen MR) is 106 cm³/mol. The number of hydrogen-bond acceptors (Lipinski definition) is 4. The Morgan fingerprint density at radius 1 is 1.07 bits per heavy atom. The Morgan fingerprint density at radius 3 is 2.37 bits per heavy atom. The minimum absolute atomic E-state index is 0.0625. The van der Waals surface area contributed by atoms with Gasteiger partial charge < -0.3 is 9.64 Å². The van der Waals surface area contributed by atoms with Gasteiger partial charge in [0, 0.05) is 30.7 Å². The van der Waals surface area contributed by atoms with Crippen LogP contribution in [0.2, 0.25) is 5.02 Å². The number of hydrogen-bond donors (Lipinski definition) is 0. The van der Waals surface area contributed by atoms with E-state index < -0.39 is 16.1 Å². The minimum Gasteiger partial charge on any atom is -0.445 e. The van der Waals surface area contributed by atoms with Crippen molar-refractivity contribution in [2.75, 3.05) is 26.2 Å². The van der Waals surface area contributed by atoms with Crippen molar-refractivity contribution in [1.29, 1.82) is 0 Å². The van der Waals surface area contributed by atoms with E-state index in [0.29, 0.717) is 4.47 Å². The Kier molecular flexibility index (Phi) is 6.41. The van der Waals surface area contributed by atoms with Gasteiger partial charge in [0.05, 0.1) is 5.02 Å². The highest BCUT2D eigenvalue weighted by Gasteiger charge is 2.32. The van der Waals surface area contributed by atoms with Crippen LogP contribution in [-0.4, -0.2) is 49.9 Å². The molecule has 1 aliphatic rings. The lowest BCUT2D eigenvalue weighted by Gasteiger charge is -2.33. The first-order valence-electron chi connectivity index (χ1n) is 8.29. The molecule has 1 aliphatic heterocycles. The van der Waals surface area contributed by atoms with Crippen molar-refractivity contribution in [1.82, 2.24) is 9.21 Å². The van der Waals surface area contributed by atoms with E-state index in [1.165, 1.54) is 15.3 Å². The molecule has 2 aromatic rings. The molecule has 0 N–H and O–H groups in total. The maximum Gasteiger partial charge on any atom is 0.410 e. The predicted octanol–water partition coefficient (Wildman–Crippen LogP) is 3.75. The first-order chi connectivity index (χ1) is 12.9. The zero-order chi connectivity index (χ0) is 19.4. The number of sulfonamides is 1. The van der Waals surface area contributed by atoms with Gasteiger partial charge >= 0.3 is 6.09 Å². The third-order valence-electron chi connectivity index (χ3n) is 4.21. The van der Waals surface area contributed by atoms with E-state index in [9.17, 15) is 13.2 Å². The van der Waals surface area contributed by atoms with Crippen molar-refractivity contribution in [3.05, 3.63) is 63.6 Å². The number of ether oxygens (including phenoxy) is 1. The smallest absolute Gasteiger partial charge is 0.410 e. The molecule has 0 bridgehead atoms. The van der Waals surface area contributed by atoms with Crippen LogP contribution in [0.1, 0.15) is 5.56 Å². The van der Waals surface area contributed by atoms with Gasteiger partial charge in [-0.05, 0) is 23.8 Å². The van der Waals surface area contributed by atoms with Crippen LogP contribution in [-0.2, 0) is 21.4 Å². The number of carbonyl (C=O) groups excluding carboxylic acids is 1. The van der Waals surface area contributed by atoms with Crippen molar-refractivity contribution < 1.29 is 17.9 Å². The number of nitrogens with zero attached hydrogens (tertiary/aromatic N) is 2. The molecule has 0 spiro atoms. The number of rotatable bonds is 4. The van der Waals surface area contributed by atoms with Gasteiger partial charge in [0.1, 0.15) is 11.5 Å². The molecule has 9 heteroatoms. The minimum atomic E-state index is -3.71. The maximum atomic E-state index is 12.8. The van der Waals surface area contributed by atoms with Crippen molar-refractivity contribution in [2.45, 2.75) is 11.5 Å². The van der Waals surface area contributed by atoms with E-state index in [0.717, 1.165) is 5.56 Å². The fourth-order valence-corrected chi connectivity index (χ4v) is 5.18. The summed E-state index contributed by atoms with van der Waals surface area (Å²) in [6.45, 7) is 1.10. The van der Waals surface area contributed by atoms with Crippen LogP contribution in [0.3, 0.4) is 0 Å². The Balaban J connectivity index is 1.58. The Bertz CT molecular complexity index is 916. The van der Waals surface area contributed by atoms with Crippen LogP contribution in [0.4, 0.5) is 4.79 Å². The van der Waals surface area contributed by atoms with Gasteiger partial charge in [0.15, 0.2) is 0 Å². The van der Waals surface area contributed by atoms with E-state index in [4.69, 9.17) is 16.3 Å². The molecule has 1 fully saturated rings. The lowest BCUT2D eigenvalue weighted by molar-refractivity contribution is 0.0838. The summed E-state index contributed by atoms with van der Waals surface area (Å²) in [5.41, 5.74) is 0.900. The van der Waals surface area contributed by atoms with E-state index in [1.54, 1.807) is 12.1 Å². The van der Waals surface area contributed by atoms with Crippen LogP contribution < -0.4 is 0 Å². The molecule has 1 saturated heterocycles. The lowest BCUT2D eigenvalue weighted by Crippen LogP contribution is -2.50. The van der Waals surface area contributed by atoms with Crippen LogP contribution >= 0.6 is 27.5 Å². The summed E-state index contributed by atoms with van der Waals surface area (Å²) in [6, 6.07) is 14.0. The average Bonchev–Trinajstić information content (AvgIpc) is 2.66. The summed E-state index contributed by atoms with van der Waals surface area (Å²) in [4.78, 5) is 13.8. The largest absolute Gasteiger partial charge is 0.445 e. The van der Waals surface area contributed by atoms with Gasteiger partial charge in [-0.25, -0.2) is 13.2 Å². The Labute approximate surface area is 171 Å². The summed E-state index contributed by atoms with van der Waals surface area (Å²) in [5, 5.41) is 0.161.